The van der Waals surface area contributed by atoms with Crippen molar-refractivity contribution in [1.82, 2.24) is 4.98 Å². The lowest BCUT2D eigenvalue weighted by molar-refractivity contribution is 0.735. The highest BCUT2D eigenvalue weighted by Crippen LogP contribution is 2.33. The van der Waals surface area contributed by atoms with E-state index in [-0.39, 0.29) is 0 Å². The molecule has 0 bridgehead atoms. The standard InChI is InChI=1S/C21H21N/c1-3-16(2)19-13-12-18(17-9-5-4-6-10-17)15-20(19)21-11-7-8-14-22-21/h4-16H,3H2,1-2H3. The average Bonchev–Trinajstić information content (AvgIpc) is 2.62. The van der Waals surface area contributed by atoms with Crippen LogP contribution >= 0.6 is 0 Å². The summed E-state index contributed by atoms with van der Waals surface area (Å²) in [5.74, 6) is 0.529. The van der Waals surface area contributed by atoms with Gasteiger partial charge < -0.3 is 0 Å². The molecule has 0 aliphatic rings. The topological polar surface area (TPSA) is 12.9 Å². The molecule has 1 aromatic heterocycles. The fraction of sp³-hybridized carbons (Fsp3) is 0.190. The van der Waals surface area contributed by atoms with Crippen molar-refractivity contribution in [3.8, 4) is 22.4 Å². The van der Waals surface area contributed by atoms with Crippen LogP contribution in [0.3, 0.4) is 0 Å². The van der Waals surface area contributed by atoms with Crippen LogP contribution in [-0.2, 0) is 0 Å². The molecule has 1 heteroatoms. The van der Waals surface area contributed by atoms with Crippen LogP contribution in [0.4, 0.5) is 0 Å². The van der Waals surface area contributed by atoms with Crippen molar-refractivity contribution in [2.75, 3.05) is 0 Å². The first-order valence-corrected chi connectivity index (χ1v) is 7.90. The van der Waals surface area contributed by atoms with E-state index in [1.54, 1.807) is 0 Å². The minimum absolute atomic E-state index is 0.529. The third-order valence-corrected chi connectivity index (χ3v) is 4.24. The Bertz CT molecular complexity index is 732. The molecular weight excluding hydrogens is 266 g/mol. The van der Waals surface area contributed by atoms with Crippen LogP contribution in [0, 0.1) is 0 Å². The first-order valence-electron chi connectivity index (χ1n) is 7.90. The summed E-state index contributed by atoms with van der Waals surface area (Å²) in [6.45, 7) is 4.52. The van der Waals surface area contributed by atoms with Crippen molar-refractivity contribution in [2.45, 2.75) is 26.2 Å². The quantitative estimate of drug-likeness (QED) is 0.579. The number of pyridine rings is 1. The van der Waals surface area contributed by atoms with E-state index < -0.39 is 0 Å². The van der Waals surface area contributed by atoms with E-state index >= 15 is 0 Å². The molecule has 1 atom stereocenters. The van der Waals surface area contributed by atoms with E-state index in [4.69, 9.17) is 0 Å². The van der Waals surface area contributed by atoms with E-state index in [0.29, 0.717) is 5.92 Å². The highest BCUT2D eigenvalue weighted by molar-refractivity contribution is 5.74. The predicted molar refractivity (Wildman–Crippen MR) is 93.8 cm³/mol. The molecule has 0 N–H and O–H groups in total. The molecule has 0 amide bonds. The lowest BCUT2D eigenvalue weighted by Crippen LogP contribution is -1.97. The maximum Gasteiger partial charge on any atom is 0.0705 e. The summed E-state index contributed by atoms with van der Waals surface area (Å²) in [5, 5.41) is 0. The summed E-state index contributed by atoms with van der Waals surface area (Å²) in [4.78, 5) is 4.56. The molecule has 0 aliphatic carbocycles. The van der Waals surface area contributed by atoms with E-state index in [1.165, 1.54) is 22.3 Å². The molecule has 3 aromatic rings. The molecule has 1 heterocycles. The van der Waals surface area contributed by atoms with Crippen LogP contribution in [0.1, 0.15) is 31.7 Å². The van der Waals surface area contributed by atoms with Gasteiger partial charge in [0.05, 0.1) is 5.69 Å². The van der Waals surface area contributed by atoms with Crippen molar-refractivity contribution in [3.63, 3.8) is 0 Å². The summed E-state index contributed by atoms with van der Waals surface area (Å²) in [5.41, 5.74) is 6.16. The van der Waals surface area contributed by atoms with Crippen LogP contribution in [-0.4, -0.2) is 4.98 Å². The number of nitrogens with zero attached hydrogens (tertiary/aromatic N) is 1. The Balaban J connectivity index is 2.15. The van der Waals surface area contributed by atoms with Gasteiger partial charge in [-0.25, -0.2) is 0 Å². The van der Waals surface area contributed by atoms with Crippen LogP contribution in [0.15, 0.2) is 72.9 Å². The second kappa shape index (κ2) is 6.57. The van der Waals surface area contributed by atoms with Crippen LogP contribution in [0.25, 0.3) is 22.4 Å². The molecule has 0 radical (unpaired) electrons. The first-order chi connectivity index (χ1) is 10.8. The molecule has 3 rings (SSSR count). The Morgan fingerprint density at radius 3 is 2.32 bits per heavy atom. The van der Waals surface area contributed by atoms with Gasteiger partial charge in [-0.15, -0.1) is 0 Å². The molecule has 0 saturated carbocycles. The number of hydrogen-bond acceptors (Lipinski definition) is 1. The fourth-order valence-corrected chi connectivity index (χ4v) is 2.76. The van der Waals surface area contributed by atoms with Gasteiger partial charge in [0, 0.05) is 11.8 Å². The third kappa shape index (κ3) is 2.94. The molecule has 1 nitrogen and oxygen atoms in total. The number of rotatable bonds is 4. The molecule has 0 fully saturated rings. The Kier molecular flexibility index (Phi) is 4.34. The molecule has 22 heavy (non-hydrogen) atoms. The van der Waals surface area contributed by atoms with E-state index in [2.05, 4.69) is 79.5 Å². The summed E-state index contributed by atoms with van der Waals surface area (Å²) < 4.78 is 0. The second-order valence-corrected chi connectivity index (χ2v) is 5.69. The van der Waals surface area contributed by atoms with Gasteiger partial charge in [0.2, 0.25) is 0 Å². The Hall–Kier alpha value is -2.41. The minimum atomic E-state index is 0.529. The predicted octanol–water partition coefficient (Wildman–Crippen LogP) is 5.93. The van der Waals surface area contributed by atoms with Crippen molar-refractivity contribution in [3.05, 3.63) is 78.5 Å². The highest BCUT2D eigenvalue weighted by Gasteiger charge is 2.13. The molecule has 110 valence electrons. The highest BCUT2D eigenvalue weighted by atomic mass is 14.7. The van der Waals surface area contributed by atoms with Crippen molar-refractivity contribution in [2.24, 2.45) is 0 Å². The van der Waals surface area contributed by atoms with Gasteiger partial charge in [0.1, 0.15) is 0 Å². The molecule has 2 aromatic carbocycles. The zero-order chi connectivity index (χ0) is 15.4. The Labute approximate surface area is 132 Å². The number of hydrogen-bond donors (Lipinski definition) is 0. The monoisotopic (exact) mass is 287 g/mol. The molecular formula is C21H21N. The molecule has 0 spiro atoms. The van der Waals surface area contributed by atoms with Gasteiger partial charge in [-0.2, -0.15) is 0 Å². The Morgan fingerprint density at radius 2 is 1.64 bits per heavy atom. The van der Waals surface area contributed by atoms with Crippen molar-refractivity contribution < 1.29 is 0 Å². The maximum absolute atomic E-state index is 4.56. The van der Waals surface area contributed by atoms with E-state index in [0.717, 1.165) is 12.1 Å². The largest absolute Gasteiger partial charge is 0.256 e. The SMILES string of the molecule is CCC(C)c1ccc(-c2ccccc2)cc1-c1ccccn1. The second-order valence-electron chi connectivity index (χ2n) is 5.69. The zero-order valence-corrected chi connectivity index (χ0v) is 13.2. The average molecular weight is 287 g/mol. The smallest absolute Gasteiger partial charge is 0.0705 e. The summed E-state index contributed by atoms with van der Waals surface area (Å²) in [6.07, 6.45) is 3.00. The molecule has 1 unspecified atom stereocenters. The number of aromatic nitrogens is 1. The normalized spacial score (nSPS) is 12.1. The van der Waals surface area contributed by atoms with Crippen LogP contribution in [0.5, 0.6) is 0 Å². The zero-order valence-electron chi connectivity index (χ0n) is 13.2. The van der Waals surface area contributed by atoms with Crippen molar-refractivity contribution in [1.29, 1.82) is 0 Å². The first kappa shape index (κ1) is 14.5. The summed E-state index contributed by atoms with van der Waals surface area (Å²) in [7, 11) is 0. The van der Waals surface area contributed by atoms with Gasteiger partial charge in [0.25, 0.3) is 0 Å². The summed E-state index contributed by atoms with van der Waals surface area (Å²) >= 11 is 0. The van der Waals surface area contributed by atoms with E-state index in [1.807, 2.05) is 12.3 Å². The van der Waals surface area contributed by atoms with Gasteiger partial charge in [-0.3, -0.25) is 4.98 Å². The van der Waals surface area contributed by atoms with Gasteiger partial charge in [-0.1, -0.05) is 62.4 Å². The number of benzene rings is 2. The van der Waals surface area contributed by atoms with Gasteiger partial charge >= 0.3 is 0 Å². The minimum Gasteiger partial charge on any atom is -0.256 e. The Morgan fingerprint density at radius 1 is 0.864 bits per heavy atom. The molecule has 0 aliphatic heterocycles. The third-order valence-electron chi connectivity index (χ3n) is 4.24. The van der Waals surface area contributed by atoms with Crippen LogP contribution in [0.2, 0.25) is 0 Å². The van der Waals surface area contributed by atoms with E-state index in [9.17, 15) is 0 Å². The lowest BCUT2D eigenvalue weighted by Gasteiger charge is -2.16. The fourth-order valence-electron chi connectivity index (χ4n) is 2.76. The van der Waals surface area contributed by atoms with Crippen molar-refractivity contribution >= 4 is 0 Å². The van der Waals surface area contributed by atoms with Gasteiger partial charge in [-0.05, 0) is 47.2 Å². The molecule has 0 saturated heterocycles. The lowest BCUT2D eigenvalue weighted by atomic mass is 9.89. The summed E-state index contributed by atoms with van der Waals surface area (Å²) in [6, 6.07) is 23.4. The van der Waals surface area contributed by atoms with Gasteiger partial charge in [0.15, 0.2) is 0 Å². The maximum atomic E-state index is 4.56. The van der Waals surface area contributed by atoms with Crippen LogP contribution < -0.4 is 0 Å².